The predicted molar refractivity (Wildman–Crippen MR) is 87.2 cm³/mol. The number of anilines is 1. The summed E-state index contributed by atoms with van der Waals surface area (Å²) in [6.07, 6.45) is 0.939. The van der Waals surface area contributed by atoms with Crippen LogP contribution < -0.4 is 9.64 Å². The monoisotopic (exact) mass is 315 g/mol. The van der Waals surface area contributed by atoms with Gasteiger partial charge in [0, 0.05) is 25.0 Å². The summed E-state index contributed by atoms with van der Waals surface area (Å²) in [4.78, 5) is 11.6. The third-order valence-electron chi connectivity index (χ3n) is 4.61. The molecule has 2 saturated heterocycles. The number of fused-ring (bicyclic) bond motifs is 1. The second-order valence-corrected chi connectivity index (χ2v) is 6.23. The maximum Gasteiger partial charge on any atom is 0.140 e. The lowest BCUT2D eigenvalue weighted by molar-refractivity contribution is -0.0580. The van der Waals surface area contributed by atoms with Crippen molar-refractivity contribution >= 4 is 16.7 Å². The molecule has 23 heavy (non-hydrogen) atoms. The molecule has 1 aromatic carbocycles. The van der Waals surface area contributed by atoms with Gasteiger partial charge in [0.1, 0.15) is 23.0 Å². The van der Waals surface area contributed by atoms with Crippen LogP contribution in [-0.2, 0) is 9.47 Å². The van der Waals surface area contributed by atoms with Crippen LogP contribution in [0.1, 0.15) is 12.2 Å². The van der Waals surface area contributed by atoms with Crippen molar-refractivity contribution in [3.05, 3.63) is 24.0 Å². The van der Waals surface area contributed by atoms with E-state index in [9.17, 15) is 0 Å². The van der Waals surface area contributed by atoms with Gasteiger partial charge in [-0.05, 0) is 25.1 Å². The molecule has 6 heteroatoms. The highest BCUT2D eigenvalue weighted by Crippen LogP contribution is 2.33. The van der Waals surface area contributed by atoms with Gasteiger partial charge in [-0.2, -0.15) is 0 Å². The second-order valence-electron chi connectivity index (χ2n) is 6.23. The molecule has 2 fully saturated rings. The summed E-state index contributed by atoms with van der Waals surface area (Å²) in [6, 6.07) is 5.93. The Morgan fingerprint density at radius 3 is 2.96 bits per heavy atom. The first-order valence-corrected chi connectivity index (χ1v) is 7.98. The number of hydrogen-bond acceptors (Lipinski definition) is 6. The van der Waals surface area contributed by atoms with E-state index in [4.69, 9.17) is 19.2 Å². The van der Waals surface area contributed by atoms with Crippen molar-refractivity contribution in [2.45, 2.75) is 18.9 Å². The average molecular weight is 315 g/mol. The van der Waals surface area contributed by atoms with Crippen LogP contribution in [0.2, 0.25) is 0 Å². The van der Waals surface area contributed by atoms with Crippen molar-refractivity contribution in [2.24, 2.45) is 0 Å². The van der Waals surface area contributed by atoms with Crippen LogP contribution in [0.15, 0.2) is 18.2 Å². The van der Waals surface area contributed by atoms with Gasteiger partial charge >= 0.3 is 0 Å². The van der Waals surface area contributed by atoms with E-state index in [1.54, 1.807) is 7.11 Å². The van der Waals surface area contributed by atoms with Crippen LogP contribution in [0.4, 0.5) is 5.82 Å². The third kappa shape index (κ3) is 2.62. The van der Waals surface area contributed by atoms with Crippen LogP contribution in [0.5, 0.6) is 5.75 Å². The Morgan fingerprint density at radius 2 is 2.17 bits per heavy atom. The van der Waals surface area contributed by atoms with Gasteiger partial charge in [-0.3, -0.25) is 0 Å². The fourth-order valence-electron chi connectivity index (χ4n) is 3.43. The first kappa shape index (κ1) is 14.7. The molecule has 2 aliphatic heterocycles. The van der Waals surface area contributed by atoms with E-state index < -0.39 is 0 Å². The van der Waals surface area contributed by atoms with Gasteiger partial charge < -0.3 is 19.1 Å². The molecule has 122 valence electrons. The number of aromatic nitrogens is 2. The number of methoxy groups -OCH3 is 1. The fraction of sp³-hybridized carbons (Fsp3) is 0.529. The lowest BCUT2D eigenvalue weighted by Crippen LogP contribution is -2.52. The minimum atomic E-state index is -0.192. The van der Waals surface area contributed by atoms with E-state index in [1.807, 2.05) is 25.1 Å². The summed E-state index contributed by atoms with van der Waals surface area (Å²) < 4.78 is 17.0. The molecule has 2 aromatic rings. The Kier molecular flexibility index (Phi) is 3.58. The lowest BCUT2D eigenvalue weighted by atomic mass is 10.0. The molecular formula is C17H21N3O3. The van der Waals surface area contributed by atoms with Crippen LogP contribution in [0, 0.1) is 6.92 Å². The zero-order valence-electron chi connectivity index (χ0n) is 13.5. The Bertz CT molecular complexity index is 728. The predicted octanol–water partition coefficient (Wildman–Crippen LogP) is 1.94. The van der Waals surface area contributed by atoms with E-state index in [0.29, 0.717) is 13.2 Å². The number of morpholine rings is 1. The minimum Gasteiger partial charge on any atom is -0.497 e. The summed E-state index contributed by atoms with van der Waals surface area (Å²) in [5.41, 5.74) is 0.749. The molecule has 1 aromatic heterocycles. The number of nitrogens with zero attached hydrogens (tertiary/aromatic N) is 3. The maximum atomic E-state index is 6.03. The maximum absolute atomic E-state index is 6.03. The zero-order chi connectivity index (χ0) is 15.9. The van der Waals surface area contributed by atoms with E-state index in [-0.39, 0.29) is 5.60 Å². The molecule has 1 atom stereocenters. The van der Waals surface area contributed by atoms with E-state index >= 15 is 0 Å². The standard InChI is InChI=1S/C17H21N3O3/c1-12-18-15-4-3-13(21-2)9-14(15)16(19-12)20-6-8-23-17(10-20)5-7-22-11-17/h3-4,9H,5-8,10-11H2,1-2H3. The Balaban J connectivity index is 1.77. The fourth-order valence-corrected chi connectivity index (χ4v) is 3.43. The molecule has 0 N–H and O–H groups in total. The van der Waals surface area contributed by atoms with Crippen molar-refractivity contribution in [3.63, 3.8) is 0 Å². The SMILES string of the molecule is COc1ccc2nc(C)nc(N3CCOC4(CCOC4)C3)c2c1. The van der Waals surface area contributed by atoms with Crippen molar-refractivity contribution in [1.29, 1.82) is 0 Å². The van der Waals surface area contributed by atoms with Crippen molar-refractivity contribution in [2.75, 3.05) is 44.9 Å². The third-order valence-corrected chi connectivity index (χ3v) is 4.61. The van der Waals surface area contributed by atoms with Crippen LogP contribution in [-0.4, -0.2) is 55.6 Å². The molecule has 0 radical (unpaired) electrons. The van der Waals surface area contributed by atoms with Gasteiger partial charge in [0.2, 0.25) is 0 Å². The van der Waals surface area contributed by atoms with Crippen molar-refractivity contribution < 1.29 is 14.2 Å². The highest BCUT2D eigenvalue weighted by Gasteiger charge is 2.41. The molecule has 3 heterocycles. The summed E-state index contributed by atoms with van der Waals surface area (Å²) in [5.74, 6) is 2.56. The van der Waals surface area contributed by atoms with Gasteiger partial charge in [-0.1, -0.05) is 0 Å². The van der Waals surface area contributed by atoms with Gasteiger partial charge in [0.25, 0.3) is 0 Å². The molecule has 0 bridgehead atoms. The number of benzene rings is 1. The molecule has 0 saturated carbocycles. The molecule has 1 spiro atoms. The molecule has 0 aliphatic carbocycles. The molecule has 2 aliphatic rings. The number of ether oxygens (including phenoxy) is 3. The molecular weight excluding hydrogens is 294 g/mol. The molecule has 0 amide bonds. The van der Waals surface area contributed by atoms with Gasteiger partial charge in [0.15, 0.2) is 0 Å². The largest absolute Gasteiger partial charge is 0.497 e. The van der Waals surface area contributed by atoms with Crippen LogP contribution in [0.3, 0.4) is 0 Å². The highest BCUT2D eigenvalue weighted by atomic mass is 16.6. The Hall–Kier alpha value is -1.92. The van der Waals surface area contributed by atoms with Gasteiger partial charge in [-0.15, -0.1) is 0 Å². The summed E-state index contributed by atoms with van der Waals surface area (Å²) in [6.45, 7) is 5.68. The van der Waals surface area contributed by atoms with E-state index in [0.717, 1.165) is 54.4 Å². The van der Waals surface area contributed by atoms with E-state index in [1.165, 1.54) is 0 Å². The quantitative estimate of drug-likeness (QED) is 0.844. The summed E-state index contributed by atoms with van der Waals surface area (Å²) in [5, 5.41) is 1.02. The average Bonchev–Trinajstić information content (AvgIpc) is 3.01. The van der Waals surface area contributed by atoms with Crippen molar-refractivity contribution in [3.8, 4) is 5.75 Å². The van der Waals surface area contributed by atoms with Gasteiger partial charge in [0.05, 0.1) is 32.4 Å². The van der Waals surface area contributed by atoms with Crippen molar-refractivity contribution in [1.82, 2.24) is 9.97 Å². The zero-order valence-corrected chi connectivity index (χ0v) is 13.5. The topological polar surface area (TPSA) is 56.7 Å². The summed E-state index contributed by atoms with van der Waals surface area (Å²) >= 11 is 0. The smallest absolute Gasteiger partial charge is 0.140 e. The summed E-state index contributed by atoms with van der Waals surface area (Å²) in [7, 11) is 1.68. The van der Waals surface area contributed by atoms with Crippen LogP contribution >= 0.6 is 0 Å². The first-order chi connectivity index (χ1) is 11.2. The number of hydrogen-bond donors (Lipinski definition) is 0. The molecule has 6 nitrogen and oxygen atoms in total. The van der Waals surface area contributed by atoms with E-state index in [2.05, 4.69) is 9.88 Å². The highest BCUT2D eigenvalue weighted by molar-refractivity contribution is 5.90. The first-order valence-electron chi connectivity index (χ1n) is 7.98. The molecule has 4 rings (SSSR count). The number of rotatable bonds is 2. The lowest BCUT2D eigenvalue weighted by Gasteiger charge is -2.40. The second kappa shape index (κ2) is 5.62. The Morgan fingerprint density at radius 1 is 1.26 bits per heavy atom. The van der Waals surface area contributed by atoms with Crippen LogP contribution in [0.25, 0.3) is 10.9 Å². The molecule has 1 unspecified atom stereocenters. The normalized spacial score (nSPS) is 24.5. The number of aryl methyl sites for hydroxylation is 1. The minimum absolute atomic E-state index is 0.192. The Labute approximate surface area is 135 Å². The van der Waals surface area contributed by atoms with Gasteiger partial charge in [-0.25, -0.2) is 9.97 Å².